The Morgan fingerprint density at radius 1 is 1.25 bits per heavy atom. The van der Waals surface area contributed by atoms with Crippen LogP contribution < -0.4 is 11.6 Å². The summed E-state index contributed by atoms with van der Waals surface area (Å²) in [7, 11) is 0. The summed E-state index contributed by atoms with van der Waals surface area (Å²) < 4.78 is 1.35. The third-order valence-corrected chi connectivity index (χ3v) is 2.67. The van der Waals surface area contributed by atoms with Gasteiger partial charge < -0.3 is 11.6 Å². The van der Waals surface area contributed by atoms with E-state index in [1.54, 1.807) is 0 Å². The van der Waals surface area contributed by atoms with Crippen molar-refractivity contribution < 1.29 is 0 Å². The van der Waals surface area contributed by atoms with Crippen LogP contribution in [-0.2, 0) is 0 Å². The van der Waals surface area contributed by atoms with Gasteiger partial charge in [-0.25, -0.2) is 4.68 Å². The summed E-state index contributed by atoms with van der Waals surface area (Å²) in [5.74, 6) is 6.86. The molecule has 0 aliphatic carbocycles. The van der Waals surface area contributed by atoms with Crippen LogP contribution in [0.5, 0.6) is 0 Å². The number of rotatable bonds is 3. The van der Waals surface area contributed by atoms with E-state index in [4.69, 9.17) is 11.6 Å². The fourth-order valence-electron chi connectivity index (χ4n) is 1.81. The Kier molecular flexibility index (Phi) is 2.76. The highest BCUT2D eigenvalue weighted by atomic mass is 15.4. The minimum absolute atomic E-state index is 0.135. The van der Waals surface area contributed by atoms with E-state index >= 15 is 0 Å². The summed E-state index contributed by atoms with van der Waals surface area (Å²) in [6.07, 6.45) is 0.902. The first-order valence-corrected chi connectivity index (χ1v) is 5.24. The molecule has 5 nitrogen and oxygen atoms in total. The maximum Gasteiger partial charge on any atom is 0.240 e. The lowest BCUT2D eigenvalue weighted by Gasteiger charge is -2.13. The van der Waals surface area contributed by atoms with E-state index in [0.29, 0.717) is 5.82 Å². The SMILES string of the molecule is CCC(c1ccccc1)c1nnc(N)n1N. The van der Waals surface area contributed by atoms with Gasteiger partial charge in [0.25, 0.3) is 0 Å². The third-order valence-electron chi connectivity index (χ3n) is 2.67. The van der Waals surface area contributed by atoms with Gasteiger partial charge in [0.05, 0.1) is 0 Å². The van der Waals surface area contributed by atoms with Crippen molar-refractivity contribution in [2.45, 2.75) is 19.3 Å². The number of nitrogen functional groups attached to an aromatic ring is 2. The summed E-state index contributed by atoms with van der Waals surface area (Å²) >= 11 is 0. The molecule has 2 rings (SSSR count). The minimum Gasteiger partial charge on any atom is -0.366 e. The lowest BCUT2D eigenvalue weighted by Crippen LogP contribution is -2.18. The Morgan fingerprint density at radius 3 is 2.44 bits per heavy atom. The predicted molar refractivity (Wildman–Crippen MR) is 63.2 cm³/mol. The van der Waals surface area contributed by atoms with Gasteiger partial charge in [-0.1, -0.05) is 37.3 Å². The van der Waals surface area contributed by atoms with E-state index in [1.165, 1.54) is 10.2 Å². The van der Waals surface area contributed by atoms with Crippen LogP contribution in [0, 0.1) is 0 Å². The standard InChI is InChI=1S/C11H15N5/c1-2-9(8-6-4-3-5-7-8)10-14-15-11(12)16(10)13/h3-7,9H,2,13H2,1H3,(H2,12,15). The van der Waals surface area contributed by atoms with Crippen molar-refractivity contribution in [1.82, 2.24) is 14.9 Å². The fraction of sp³-hybridized carbons (Fsp3) is 0.273. The second kappa shape index (κ2) is 4.22. The van der Waals surface area contributed by atoms with Gasteiger partial charge in [-0.3, -0.25) is 0 Å². The molecule has 0 saturated carbocycles. The van der Waals surface area contributed by atoms with Crippen molar-refractivity contribution in [3.63, 3.8) is 0 Å². The molecule has 5 heteroatoms. The zero-order chi connectivity index (χ0) is 11.5. The van der Waals surface area contributed by atoms with Crippen LogP contribution in [0.25, 0.3) is 0 Å². The first kappa shape index (κ1) is 10.5. The summed E-state index contributed by atoms with van der Waals surface area (Å²) in [4.78, 5) is 0. The van der Waals surface area contributed by atoms with Gasteiger partial charge in [-0.15, -0.1) is 10.2 Å². The van der Waals surface area contributed by atoms with E-state index < -0.39 is 0 Å². The summed E-state index contributed by atoms with van der Waals surface area (Å²) in [6, 6.07) is 10.1. The third kappa shape index (κ3) is 1.71. The highest BCUT2D eigenvalue weighted by Crippen LogP contribution is 2.25. The molecule has 1 aromatic heterocycles. The number of nitrogens with zero attached hydrogens (tertiary/aromatic N) is 3. The van der Waals surface area contributed by atoms with Crippen molar-refractivity contribution in [1.29, 1.82) is 0 Å². The van der Waals surface area contributed by atoms with Gasteiger partial charge >= 0.3 is 0 Å². The van der Waals surface area contributed by atoms with E-state index in [-0.39, 0.29) is 11.9 Å². The molecule has 0 aliphatic rings. The second-order valence-corrected chi connectivity index (χ2v) is 3.66. The monoisotopic (exact) mass is 217 g/mol. The van der Waals surface area contributed by atoms with Crippen molar-refractivity contribution in [2.24, 2.45) is 0 Å². The molecule has 2 aromatic rings. The topological polar surface area (TPSA) is 82.8 Å². The average Bonchev–Trinajstić information content (AvgIpc) is 2.64. The lowest BCUT2D eigenvalue weighted by molar-refractivity contribution is 0.688. The first-order valence-electron chi connectivity index (χ1n) is 5.24. The van der Waals surface area contributed by atoms with Crippen LogP contribution in [-0.4, -0.2) is 14.9 Å². The largest absolute Gasteiger partial charge is 0.366 e. The number of aromatic nitrogens is 3. The van der Waals surface area contributed by atoms with Crippen LogP contribution in [0.4, 0.5) is 5.95 Å². The Balaban J connectivity index is 2.41. The van der Waals surface area contributed by atoms with Crippen molar-refractivity contribution >= 4 is 5.95 Å². The fourth-order valence-corrected chi connectivity index (χ4v) is 1.81. The Morgan fingerprint density at radius 2 is 1.94 bits per heavy atom. The molecule has 4 N–H and O–H groups in total. The predicted octanol–water partition coefficient (Wildman–Crippen LogP) is 1.12. The summed E-state index contributed by atoms with van der Waals surface area (Å²) in [5, 5.41) is 7.80. The summed E-state index contributed by atoms with van der Waals surface area (Å²) in [6.45, 7) is 2.09. The molecule has 84 valence electrons. The highest BCUT2D eigenvalue weighted by molar-refractivity contribution is 5.28. The van der Waals surface area contributed by atoms with E-state index in [1.807, 2.05) is 18.2 Å². The molecular formula is C11H15N5. The van der Waals surface area contributed by atoms with Crippen molar-refractivity contribution in [2.75, 3.05) is 11.6 Å². The number of benzene rings is 1. The minimum atomic E-state index is 0.135. The van der Waals surface area contributed by atoms with E-state index in [2.05, 4.69) is 29.3 Å². The lowest BCUT2D eigenvalue weighted by atomic mass is 9.96. The van der Waals surface area contributed by atoms with Gasteiger partial charge in [0.2, 0.25) is 5.95 Å². The summed E-state index contributed by atoms with van der Waals surface area (Å²) in [5.41, 5.74) is 6.75. The molecule has 1 aromatic carbocycles. The smallest absolute Gasteiger partial charge is 0.240 e. The zero-order valence-electron chi connectivity index (χ0n) is 9.17. The van der Waals surface area contributed by atoms with Crippen LogP contribution >= 0.6 is 0 Å². The molecule has 1 atom stereocenters. The van der Waals surface area contributed by atoms with Gasteiger partial charge in [0.15, 0.2) is 5.82 Å². The molecule has 0 bridgehead atoms. The molecule has 0 aliphatic heterocycles. The second-order valence-electron chi connectivity index (χ2n) is 3.66. The Labute approximate surface area is 94.1 Å². The number of hydrogen-bond donors (Lipinski definition) is 2. The number of hydrogen-bond acceptors (Lipinski definition) is 4. The quantitative estimate of drug-likeness (QED) is 0.754. The Bertz CT molecular complexity index is 462. The maximum absolute atomic E-state index is 5.78. The van der Waals surface area contributed by atoms with Gasteiger partial charge in [0.1, 0.15) is 0 Å². The van der Waals surface area contributed by atoms with Crippen molar-refractivity contribution in [3.8, 4) is 0 Å². The van der Waals surface area contributed by atoms with Crippen LogP contribution in [0.15, 0.2) is 30.3 Å². The number of nitrogens with two attached hydrogens (primary N) is 2. The van der Waals surface area contributed by atoms with E-state index in [9.17, 15) is 0 Å². The normalized spacial score (nSPS) is 12.6. The van der Waals surface area contributed by atoms with Crippen LogP contribution in [0.2, 0.25) is 0 Å². The highest BCUT2D eigenvalue weighted by Gasteiger charge is 2.19. The maximum atomic E-state index is 5.78. The number of anilines is 1. The first-order chi connectivity index (χ1) is 7.74. The molecule has 1 unspecified atom stereocenters. The van der Waals surface area contributed by atoms with Crippen LogP contribution in [0.1, 0.15) is 30.7 Å². The molecule has 0 amide bonds. The van der Waals surface area contributed by atoms with E-state index in [0.717, 1.165) is 6.42 Å². The van der Waals surface area contributed by atoms with Gasteiger partial charge in [-0.05, 0) is 12.0 Å². The van der Waals surface area contributed by atoms with Gasteiger partial charge in [0, 0.05) is 5.92 Å². The van der Waals surface area contributed by atoms with Gasteiger partial charge in [-0.2, -0.15) is 0 Å². The van der Waals surface area contributed by atoms with Crippen LogP contribution in [0.3, 0.4) is 0 Å². The zero-order valence-corrected chi connectivity index (χ0v) is 9.17. The Hall–Kier alpha value is -2.04. The molecule has 0 saturated heterocycles. The molecule has 0 radical (unpaired) electrons. The molecular weight excluding hydrogens is 202 g/mol. The average molecular weight is 217 g/mol. The molecule has 0 spiro atoms. The van der Waals surface area contributed by atoms with Crippen molar-refractivity contribution in [3.05, 3.63) is 41.7 Å². The molecule has 16 heavy (non-hydrogen) atoms. The molecule has 0 fully saturated rings. The molecule has 1 heterocycles.